The van der Waals surface area contributed by atoms with Crippen molar-refractivity contribution in [3.8, 4) is 0 Å². The topological polar surface area (TPSA) is 84.3 Å². The third kappa shape index (κ3) is 3.61. The highest BCUT2D eigenvalue weighted by Gasteiger charge is 2.35. The molecule has 0 radical (unpaired) electrons. The van der Waals surface area contributed by atoms with Gasteiger partial charge in [-0.15, -0.1) is 0 Å². The number of piperidine rings is 1. The Morgan fingerprint density at radius 2 is 2.08 bits per heavy atom. The third-order valence-electron chi connectivity index (χ3n) is 4.93. The van der Waals surface area contributed by atoms with E-state index >= 15 is 0 Å². The maximum Gasteiger partial charge on any atom is 0.239 e. The van der Waals surface area contributed by atoms with Gasteiger partial charge in [-0.1, -0.05) is 18.6 Å². The van der Waals surface area contributed by atoms with Gasteiger partial charge < -0.3 is 9.88 Å². The summed E-state index contributed by atoms with van der Waals surface area (Å²) in [6.45, 7) is 5.07. The van der Waals surface area contributed by atoms with Gasteiger partial charge >= 0.3 is 0 Å². The minimum absolute atomic E-state index is 0.252. The SMILES string of the molecule is CCn1c(C(C)NC(=O)C2CCCCN2S(C)(=O)=O)nc2ccccc21. The van der Waals surface area contributed by atoms with Crippen LogP contribution in [0.1, 0.15) is 45.0 Å². The zero-order valence-electron chi connectivity index (χ0n) is 15.5. The molecule has 2 unspecified atom stereocenters. The van der Waals surface area contributed by atoms with Crippen LogP contribution in [-0.2, 0) is 21.4 Å². The van der Waals surface area contributed by atoms with Gasteiger partial charge in [-0.25, -0.2) is 13.4 Å². The number of fused-ring (bicyclic) bond motifs is 1. The molecule has 1 aliphatic heterocycles. The molecule has 0 aliphatic carbocycles. The number of para-hydroxylation sites is 2. The van der Waals surface area contributed by atoms with Gasteiger partial charge in [0.1, 0.15) is 11.9 Å². The molecule has 1 aromatic carbocycles. The summed E-state index contributed by atoms with van der Waals surface area (Å²) < 4.78 is 27.4. The van der Waals surface area contributed by atoms with E-state index in [9.17, 15) is 13.2 Å². The molecule has 142 valence electrons. The summed E-state index contributed by atoms with van der Waals surface area (Å²) >= 11 is 0. The number of aromatic nitrogens is 2. The summed E-state index contributed by atoms with van der Waals surface area (Å²) in [7, 11) is -3.40. The highest BCUT2D eigenvalue weighted by atomic mass is 32.2. The smallest absolute Gasteiger partial charge is 0.239 e. The van der Waals surface area contributed by atoms with Crippen LogP contribution < -0.4 is 5.32 Å². The first-order valence-corrected chi connectivity index (χ1v) is 10.9. The molecule has 1 aliphatic rings. The number of nitrogens with one attached hydrogen (secondary N) is 1. The molecule has 7 nitrogen and oxygen atoms in total. The molecule has 1 saturated heterocycles. The maximum absolute atomic E-state index is 12.8. The maximum atomic E-state index is 12.8. The Kier molecular flexibility index (Phi) is 5.34. The number of aryl methyl sites for hydroxylation is 1. The number of benzene rings is 1. The normalized spacial score (nSPS) is 20.2. The van der Waals surface area contributed by atoms with Crippen molar-refractivity contribution in [2.24, 2.45) is 0 Å². The van der Waals surface area contributed by atoms with Crippen molar-refractivity contribution in [3.63, 3.8) is 0 Å². The Morgan fingerprint density at radius 3 is 2.77 bits per heavy atom. The molecule has 1 amide bonds. The Balaban J connectivity index is 1.83. The minimum atomic E-state index is -3.40. The van der Waals surface area contributed by atoms with Gasteiger partial charge in [0.2, 0.25) is 15.9 Å². The van der Waals surface area contributed by atoms with E-state index in [4.69, 9.17) is 0 Å². The lowest BCUT2D eigenvalue weighted by Crippen LogP contribution is -2.52. The standard InChI is InChI=1S/C18H26N4O3S/c1-4-21-15-10-6-5-9-14(15)20-17(21)13(2)19-18(23)16-11-7-8-12-22(16)26(3,24)25/h5-6,9-10,13,16H,4,7-8,11-12H2,1-3H3,(H,19,23). The van der Waals surface area contributed by atoms with Crippen LogP contribution in [-0.4, -0.2) is 47.0 Å². The predicted octanol–water partition coefficient (Wildman–Crippen LogP) is 2.05. The van der Waals surface area contributed by atoms with Crippen LogP contribution in [0.25, 0.3) is 11.0 Å². The number of hydrogen-bond donors (Lipinski definition) is 1. The molecule has 26 heavy (non-hydrogen) atoms. The summed E-state index contributed by atoms with van der Waals surface area (Å²) in [5.74, 6) is 0.529. The number of rotatable bonds is 5. The molecule has 1 N–H and O–H groups in total. The lowest BCUT2D eigenvalue weighted by atomic mass is 10.0. The monoisotopic (exact) mass is 378 g/mol. The van der Waals surface area contributed by atoms with Crippen molar-refractivity contribution in [2.75, 3.05) is 12.8 Å². The number of nitrogens with zero attached hydrogens (tertiary/aromatic N) is 3. The quantitative estimate of drug-likeness (QED) is 0.863. The van der Waals surface area contributed by atoms with Gasteiger partial charge in [-0.05, 0) is 38.8 Å². The van der Waals surface area contributed by atoms with Crippen LogP contribution in [0.2, 0.25) is 0 Å². The summed E-state index contributed by atoms with van der Waals surface area (Å²) in [6.07, 6.45) is 3.36. The lowest BCUT2D eigenvalue weighted by Gasteiger charge is -2.33. The van der Waals surface area contributed by atoms with E-state index in [-0.39, 0.29) is 11.9 Å². The second-order valence-electron chi connectivity index (χ2n) is 6.82. The molecule has 2 aromatic rings. The zero-order chi connectivity index (χ0) is 18.9. The van der Waals surface area contributed by atoms with Crippen LogP contribution in [0.4, 0.5) is 0 Å². The summed E-state index contributed by atoms with van der Waals surface area (Å²) in [4.78, 5) is 17.5. The van der Waals surface area contributed by atoms with Crippen LogP contribution in [0.3, 0.4) is 0 Å². The summed E-state index contributed by atoms with van der Waals surface area (Å²) in [5, 5.41) is 2.98. The fourth-order valence-corrected chi connectivity index (χ4v) is 4.82. The van der Waals surface area contributed by atoms with Gasteiger partial charge in [0, 0.05) is 13.1 Å². The van der Waals surface area contributed by atoms with Crippen LogP contribution in [0, 0.1) is 0 Å². The van der Waals surface area contributed by atoms with Crippen LogP contribution in [0.5, 0.6) is 0 Å². The molecule has 3 rings (SSSR count). The largest absolute Gasteiger partial charge is 0.345 e. The third-order valence-corrected chi connectivity index (χ3v) is 6.22. The van der Waals surface area contributed by atoms with Crippen LogP contribution >= 0.6 is 0 Å². The van der Waals surface area contributed by atoms with Gasteiger partial charge in [0.05, 0.1) is 23.3 Å². The molecule has 8 heteroatoms. The van der Waals surface area contributed by atoms with Crippen molar-refractivity contribution < 1.29 is 13.2 Å². The number of amides is 1. The fraction of sp³-hybridized carbons (Fsp3) is 0.556. The Bertz CT molecular complexity index is 906. The average Bonchev–Trinajstić information content (AvgIpc) is 2.99. The van der Waals surface area contributed by atoms with Crippen molar-refractivity contribution in [1.82, 2.24) is 19.2 Å². The fourth-order valence-electron chi connectivity index (χ4n) is 3.70. The number of sulfonamides is 1. The van der Waals surface area contributed by atoms with E-state index < -0.39 is 16.1 Å². The Morgan fingerprint density at radius 1 is 1.35 bits per heavy atom. The van der Waals surface area contributed by atoms with Gasteiger partial charge in [-0.2, -0.15) is 4.31 Å². The van der Waals surface area contributed by atoms with Crippen molar-refractivity contribution in [1.29, 1.82) is 0 Å². The number of carbonyl (C=O) groups is 1. The predicted molar refractivity (Wildman–Crippen MR) is 101 cm³/mol. The molecule has 0 saturated carbocycles. The van der Waals surface area contributed by atoms with Crippen LogP contribution in [0.15, 0.2) is 24.3 Å². The van der Waals surface area contributed by atoms with E-state index in [1.807, 2.05) is 38.1 Å². The molecule has 2 heterocycles. The molecular weight excluding hydrogens is 352 g/mol. The number of hydrogen-bond acceptors (Lipinski definition) is 4. The lowest BCUT2D eigenvalue weighted by molar-refractivity contribution is -0.126. The molecule has 0 bridgehead atoms. The van der Waals surface area contributed by atoms with E-state index in [1.165, 1.54) is 10.6 Å². The minimum Gasteiger partial charge on any atom is -0.345 e. The van der Waals surface area contributed by atoms with E-state index in [2.05, 4.69) is 14.9 Å². The highest BCUT2D eigenvalue weighted by Crippen LogP contribution is 2.23. The molecular formula is C18H26N4O3S. The molecule has 1 aromatic heterocycles. The van der Waals surface area contributed by atoms with Gasteiger partial charge in [-0.3, -0.25) is 4.79 Å². The van der Waals surface area contributed by atoms with E-state index in [0.29, 0.717) is 13.0 Å². The summed E-state index contributed by atoms with van der Waals surface area (Å²) in [6, 6.07) is 6.92. The van der Waals surface area contributed by atoms with E-state index in [1.54, 1.807) is 0 Å². The first kappa shape index (κ1) is 18.8. The highest BCUT2D eigenvalue weighted by molar-refractivity contribution is 7.88. The second-order valence-corrected chi connectivity index (χ2v) is 8.75. The average molecular weight is 378 g/mol. The molecule has 1 fully saturated rings. The first-order chi connectivity index (χ1) is 12.3. The Hall–Kier alpha value is -1.93. The first-order valence-electron chi connectivity index (χ1n) is 9.05. The van der Waals surface area contributed by atoms with Crippen molar-refractivity contribution in [3.05, 3.63) is 30.1 Å². The van der Waals surface area contributed by atoms with Crippen molar-refractivity contribution >= 4 is 27.0 Å². The van der Waals surface area contributed by atoms with E-state index in [0.717, 1.165) is 36.2 Å². The van der Waals surface area contributed by atoms with Crippen molar-refractivity contribution in [2.45, 2.75) is 51.7 Å². The number of carbonyl (C=O) groups excluding carboxylic acids is 1. The Labute approximate surface area is 154 Å². The molecule has 0 spiro atoms. The van der Waals surface area contributed by atoms with Gasteiger partial charge in [0.25, 0.3) is 0 Å². The number of imidazole rings is 1. The molecule has 2 atom stereocenters. The summed E-state index contributed by atoms with van der Waals surface area (Å²) in [5.41, 5.74) is 1.92. The van der Waals surface area contributed by atoms with Gasteiger partial charge in [0.15, 0.2) is 0 Å². The zero-order valence-corrected chi connectivity index (χ0v) is 16.3. The second kappa shape index (κ2) is 7.36.